The summed E-state index contributed by atoms with van der Waals surface area (Å²) in [7, 11) is 2.08. The van der Waals surface area contributed by atoms with Crippen LogP contribution in [0.25, 0.3) is 0 Å². The van der Waals surface area contributed by atoms with Gasteiger partial charge in [-0.25, -0.2) is 14.2 Å². The molecule has 2 N–H and O–H groups in total. The summed E-state index contributed by atoms with van der Waals surface area (Å²) < 4.78 is 26.9. The second-order valence-corrected chi connectivity index (χ2v) is 6.04. The Balaban J connectivity index is 2.07. The molecule has 1 aromatic rings. The maximum Gasteiger partial charge on any atom is 0.130 e. The molecule has 1 aliphatic rings. The van der Waals surface area contributed by atoms with Gasteiger partial charge in [-0.3, -0.25) is 5.43 Å². The third-order valence-corrected chi connectivity index (χ3v) is 3.61. The van der Waals surface area contributed by atoms with Crippen LogP contribution in [0.3, 0.4) is 0 Å². The lowest BCUT2D eigenvalue weighted by atomic mass is 9.94. The van der Waals surface area contributed by atoms with Crippen LogP contribution in [0.15, 0.2) is 18.2 Å². The SMILES string of the molecule is CC(C)CN(C)CC1CNNC1c1ccc(F)cc1F. The van der Waals surface area contributed by atoms with Gasteiger partial charge in [-0.1, -0.05) is 19.9 Å². The molecule has 3 nitrogen and oxygen atoms in total. The summed E-state index contributed by atoms with van der Waals surface area (Å²) in [4.78, 5) is 2.26. The maximum absolute atomic E-state index is 13.9. The van der Waals surface area contributed by atoms with Crippen molar-refractivity contribution < 1.29 is 8.78 Å². The van der Waals surface area contributed by atoms with Crippen molar-refractivity contribution >= 4 is 0 Å². The fourth-order valence-electron chi connectivity index (χ4n) is 2.89. The van der Waals surface area contributed by atoms with E-state index in [1.54, 1.807) is 0 Å². The van der Waals surface area contributed by atoms with Crippen LogP contribution in [0, 0.1) is 23.5 Å². The number of hydrogen-bond acceptors (Lipinski definition) is 3. The summed E-state index contributed by atoms with van der Waals surface area (Å²) >= 11 is 0. The molecule has 2 unspecified atom stereocenters. The molecule has 2 atom stereocenters. The second-order valence-electron chi connectivity index (χ2n) is 6.04. The molecule has 1 saturated heterocycles. The highest BCUT2D eigenvalue weighted by Gasteiger charge is 2.31. The van der Waals surface area contributed by atoms with Gasteiger partial charge in [0.2, 0.25) is 0 Å². The first-order valence-electron chi connectivity index (χ1n) is 7.09. The average Bonchev–Trinajstić information content (AvgIpc) is 2.75. The van der Waals surface area contributed by atoms with Gasteiger partial charge >= 0.3 is 0 Å². The largest absolute Gasteiger partial charge is 0.306 e. The number of hydrazine groups is 1. The van der Waals surface area contributed by atoms with Crippen LogP contribution in [0.5, 0.6) is 0 Å². The van der Waals surface area contributed by atoms with Gasteiger partial charge in [0.1, 0.15) is 11.6 Å². The molecule has 0 aromatic heterocycles. The Morgan fingerprint density at radius 2 is 2.10 bits per heavy atom. The second kappa shape index (κ2) is 6.61. The summed E-state index contributed by atoms with van der Waals surface area (Å²) in [6.45, 7) is 7.02. The molecule has 0 aliphatic carbocycles. The number of nitrogens with one attached hydrogen (secondary N) is 2. The van der Waals surface area contributed by atoms with Crippen molar-refractivity contribution in [3.63, 3.8) is 0 Å². The summed E-state index contributed by atoms with van der Waals surface area (Å²) in [5.41, 5.74) is 6.71. The standard InChI is InChI=1S/C15H23F2N3/c1-10(2)8-20(3)9-11-7-18-19-15(11)13-5-4-12(16)6-14(13)17/h4-6,10-11,15,18-19H,7-9H2,1-3H3. The molecule has 0 bridgehead atoms. The Hall–Kier alpha value is -1.04. The van der Waals surface area contributed by atoms with Gasteiger partial charge in [-0.15, -0.1) is 0 Å². The smallest absolute Gasteiger partial charge is 0.130 e. The van der Waals surface area contributed by atoms with E-state index in [9.17, 15) is 8.78 Å². The van der Waals surface area contributed by atoms with Crippen LogP contribution in [0.2, 0.25) is 0 Å². The Bertz CT molecular complexity index is 451. The molecular weight excluding hydrogens is 260 g/mol. The predicted molar refractivity (Wildman–Crippen MR) is 76.1 cm³/mol. The zero-order valence-corrected chi connectivity index (χ0v) is 12.3. The number of hydrogen-bond donors (Lipinski definition) is 2. The molecule has 20 heavy (non-hydrogen) atoms. The third-order valence-electron chi connectivity index (χ3n) is 3.61. The van der Waals surface area contributed by atoms with Crippen molar-refractivity contribution in [3.05, 3.63) is 35.4 Å². The normalized spacial score (nSPS) is 22.9. The van der Waals surface area contributed by atoms with Crippen LogP contribution >= 0.6 is 0 Å². The van der Waals surface area contributed by atoms with Crippen LogP contribution in [-0.2, 0) is 0 Å². The topological polar surface area (TPSA) is 27.3 Å². The van der Waals surface area contributed by atoms with Crippen molar-refractivity contribution in [1.29, 1.82) is 0 Å². The zero-order valence-electron chi connectivity index (χ0n) is 12.3. The van der Waals surface area contributed by atoms with Gasteiger partial charge < -0.3 is 4.90 Å². The van der Waals surface area contributed by atoms with E-state index < -0.39 is 11.6 Å². The van der Waals surface area contributed by atoms with Crippen molar-refractivity contribution in [3.8, 4) is 0 Å². The fraction of sp³-hybridized carbons (Fsp3) is 0.600. The van der Waals surface area contributed by atoms with Crippen LogP contribution in [-0.4, -0.2) is 31.6 Å². The summed E-state index contributed by atoms with van der Waals surface area (Å²) in [5.74, 6) is -0.157. The lowest BCUT2D eigenvalue weighted by Crippen LogP contribution is -2.33. The molecule has 2 rings (SSSR count). The number of halogens is 2. The maximum atomic E-state index is 13.9. The van der Waals surface area contributed by atoms with E-state index in [-0.39, 0.29) is 12.0 Å². The van der Waals surface area contributed by atoms with Gasteiger partial charge in [0.25, 0.3) is 0 Å². The monoisotopic (exact) mass is 283 g/mol. The summed E-state index contributed by atoms with van der Waals surface area (Å²) in [6, 6.07) is 3.67. The van der Waals surface area contributed by atoms with E-state index in [1.807, 2.05) is 0 Å². The van der Waals surface area contributed by atoms with Crippen LogP contribution in [0.4, 0.5) is 8.78 Å². The molecule has 0 amide bonds. The van der Waals surface area contributed by atoms with Gasteiger partial charge in [0.15, 0.2) is 0 Å². The quantitative estimate of drug-likeness (QED) is 0.868. The molecule has 0 spiro atoms. The van der Waals surface area contributed by atoms with E-state index in [4.69, 9.17) is 0 Å². The van der Waals surface area contributed by atoms with Crippen molar-refractivity contribution in [2.24, 2.45) is 11.8 Å². The minimum Gasteiger partial charge on any atom is -0.306 e. The lowest BCUT2D eigenvalue weighted by Gasteiger charge is -2.26. The van der Waals surface area contributed by atoms with E-state index >= 15 is 0 Å². The number of nitrogens with zero attached hydrogens (tertiary/aromatic N) is 1. The highest BCUT2D eigenvalue weighted by Crippen LogP contribution is 2.28. The van der Waals surface area contributed by atoms with Gasteiger partial charge in [-0.2, -0.15) is 0 Å². The number of benzene rings is 1. The minimum absolute atomic E-state index is 0.120. The van der Waals surface area contributed by atoms with Crippen LogP contribution in [0.1, 0.15) is 25.5 Å². The zero-order chi connectivity index (χ0) is 14.7. The molecule has 1 fully saturated rings. The third kappa shape index (κ3) is 3.75. The molecule has 0 radical (unpaired) electrons. The molecule has 112 valence electrons. The lowest BCUT2D eigenvalue weighted by molar-refractivity contribution is 0.243. The Labute approximate surface area is 119 Å². The molecule has 1 aromatic carbocycles. The average molecular weight is 283 g/mol. The van der Waals surface area contributed by atoms with Crippen molar-refractivity contribution in [1.82, 2.24) is 15.8 Å². The highest BCUT2D eigenvalue weighted by atomic mass is 19.1. The van der Waals surface area contributed by atoms with Gasteiger partial charge in [0.05, 0.1) is 6.04 Å². The summed E-state index contributed by atoms with van der Waals surface area (Å²) in [6.07, 6.45) is 0. The van der Waals surface area contributed by atoms with Gasteiger partial charge in [-0.05, 0) is 19.0 Å². The Morgan fingerprint density at radius 3 is 2.75 bits per heavy atom. The van der Waals surface area contributed by atoms with E-state index in [1.165, 1.54) is 12.1 Å². The van der Waals surface area contributed by atoms with E-state index in [2.05, 4.69) is 36.6 Å². The van der Waals surface area contributed by atoms with Crippen molar-refractivity contribution in [2.45, 2.75) is 19.9 Å². The first-order valence-corrected chi connectivity index (χ1v) is 7.09. The molecule has 1 aliphatic heterocycles. The molecule has 1 heterocycles. The predicted octanol–water partition coefficient (Wildman–Crippen LogP) is 2.32. The minimum atomic E-state index is -0.536. The first kappa shape index (κ1) is 15.4. The van der Waals surface area contributed by atoms with Crippen molar-refractivity contribution in [2.75, 3.05) is 26.7 Å². The molecular formula is C15H23F2N3. The first-order chi connectivity index (χ1) is 9.47. The highest BCUT2D eigenvalue weighted by molar-refractivity contribution is 5.23. The molecule has 5 heteroatoms. The van der Waals surface area contributed by atoms with E-state index in [0.717, 1.165) is 25.7 Å². The number of rotatable bonds is 5. The van der Waals surface area contributed by atoms with Crippen LogP contribution < -0.4 is 10.9 Å². The Morgan fingerprint density at radius 1 is 1.35 bits per heavy atom. The summed E-state index contributed by atoms with van der Waals surface area (Å²) in [5, 5.41) is 0. The Kier molecular flexibility index (Phi) is 5.07. The van der Waals surface area contributed by atoms with E-state index in [0.29, 0.717) is 11.5 Å². The fourth-order valence-corrected chi connectivity index (χ4v) is 2.89. The van der Waals surface area contributed by atoms with Gasteiger partial charge in [0, 0.05) is 37.2 Å². The molecule has 0 saturated carbocycles.